The maximum atomic E-state index is 13.1. The largest absolute Gasteiger partial charge is 0.393 e. The Labute approximate surface area is 108 Å². The van der Waals surface area contributed by atoms with Crippen LogP contribution in [-0.2, 0) is 0 Å². The van der Waals surface area contributed by atoms with Crippen LogP contribution in [0.3, 0.4) is 0 Å². The molecule has 18 heavy (non-hydrogen) atoms. The maximum absolute atomic E-state index is 13.1. The molecule has 1 saturated carbocycles. The van der Waals surface area contributed by atoms with Crippen molar-refractivity contribution in [1.29, 1.82) is 0 Å². The highest BCUT2D eigenvalue weighted by Gasteiger charge is 2.29. The van der Waals surface area contributed by atoms with E-state index in [2.05, 4.69) is 5.32 Å². The minimum Gasteiger partial charge on any atom is -0.393 e. The van der Waals surface area contributed by atoms with Crippen molar-refractivity contribution in [2.45, 2.75) is 50.7 Å². The Morgan fingerprint density at radius 1 is 1.44 bits per heavy atom. The summed E-state index contributed by atoms with van der Waals surface area (Å²) in [4.78, 5) is 0. The quantitative estimate of drug-likeness (QED) is 0.815. The second kappa shape index (κ2) is 6.30. The van der Waals surface area contributed by atoms with Crippen LogP contribution >= 0.6 is 0 Å². The van der Waals surface area contributed by atoms with Gasteiger partial charge in [-0.3, -0.25) is 0 Å². The number of nitrogens with one attached hydrogen (secondary N) is 1. The van der Waals surface area contributed by atoms with Gasteiger partial charge in [-0.2, -0.15) is 0 Å². The monoisotopic (exact) mass is 251 g/mol. The predicted molar refractivity (Wildman–Crippen MR) is 71.1 cm³/mol. The van der Waals surface area contributed by atoms with Gasteiger partial charge in [-0.25, -0.2) is 4.39 Å². The molecular formula is C15H22FNO. The van der Waals surface area contributed by atoms with E-state index in [4.69, 9.17) is 0 Å². The molecule has 1 unspecified atom stereocenters. The van der Waals surface area contributed by atoms with Crippen molar-refractivity contribution in [3.63, 3.8) is 0 Å². The summed E-state index contributed by atoms with van der Waals surface area (Å²) in [6.07, 6.45) is 3.60. The third kappa shape index (κ3) is 3.53. The van der Waals surface area contributed by atoms with Crippen LogP contribution in [0.2, 0.25) is 0 Å². The van der Waals surface area contributed by atoms with Crippen LogP contribution in [0.15, 0.2) is 24.3 Å². The maximum Gasteiger partial charge on any atom is 0.123 e. The molecule has 0 amide bonds. The molecule has 0 heterocycles. The summed E-state index contributed by atoms with van der Waals surface area (Å²) in [5.74, 6) is 0.351. The molecule has 1 aromatic carbocycles. The van der Waals surface area contributed by atoms with Gasteiger partial charge < -0.3 is 10.4 Å². The number of benzene rings is 1. The van der Waals surface area contributed by atoms with Crippen molar-refractivity contribution in [2.75, 3.05) is 6.54 Å². The number of aliphatic hydroxyl groups is 1. The molecule has 1 aliphatic carbocycles. The molecule has 0 spiro atoms. The highest BCUT2D eigenvalue weighted by atomic mass is 19.1. The molecule has 2 nitrogen and oxygen atoms in total. The van der Waals surface area contributed by atoms with Gasteiger partial charge in [0.05, 0.1) is 6.10 Å². The van der Waals surface area contributed by atoms with E-state index in [0.717, 1.165) is 37.8 Å². The van der Waals surface area contributed by atoms with E-state index in [9.17, 15) is 9.50 Å². The van der Waals surface area contributed by atoms with E-state index in [0.29, 0.717) is 12.0 Å². The van der Waals surface area contributed by atoms with Crippen molar-refractivity contribution in [3.8, 4) is 0 Å². The number of rotatable bonds is 6. The van der Waals surface area contributed by atoms with Crippen LogP contribution in [0, 0.1) is 5.82 Å². The van der Waals surface area contributed by atoms with Crippen LogP contribution in [0.1, 0.15) is 44.1 Å². The van der Waals surface area contributed by atoms with E-state index < -0.39 is 0 Å². The number of halogens is 1. The first-order chi connectivity index (χ1) is 8.69. The fourth-order valence-corrected chi connectivity index (χ4v) is 2.48. The average Bonchev–Trinajstić information content (AvgIpc) is 2.31. The van der Waals surface area contributed by atoms with Crippen molar-refractivity contribution in [1.82, 2.24) is 5.32 Å². The second-order valence-electron chi connectivity index (χ2n) is 5.23. The van der Waals surface area contributed by atoms with Gasteiger partial charge in [0.2, 0.25) is 0 Å². The first-order valence-corrected chi connectivity index (χ1v) is 6.86. The fourth-order valence-electron chi connectivity index (χ4n) is 2.48. The summed E-state index contributed by atoms with van der Waals surface area (Å²) >= 11 is 0. The standard InChI is InChI=1S/C15H22FNO/c1-2-15(18)6-7-17-14-9-12(10-14)11-4-3-5-13(16)8-11/h3-5,8,12,14-15,17-18H,2,6-7,9-10H2,1H3. The Morgan fingerprint density at radius 2 is 2.22 bits per heavy atom. The molecule has 2 N–H and O–H groups in total. The van der Waals surface area contributed by atoms with Crippen molar-refractivity contribution in [3.05, 3.63) is 35.6 Å². The van der Waals surface area contributed by atoms with Gasteiger partial charge >= 0.3 is 0 Å². The average molecular weight is 251 g/mol. The molecule has 3 heteroatoms. The lowest BCUT2D eigenvalue weighted by molar-refractivity contribution is 0.155. The topological polar surface area (TPSA) is 32.3 Å². The van der Waals surface area contributed by atoms with Crippen LogP contribution < -0.4 is 5.32 Å². The Hall–Kier alpha value is -0.930. The van der Waals surface area contributed by atoms with Gasteiger partial charge in [-0.05, 0) is 55.8 Å². The molecular weight excluding hydrogens is 229 g/mol. The third-order valence-corrected chi connectivity index (χ3v) is 3.84. The zero-order chi connectivity index (χ0) is 13.0. The first kappa shape index (κ1) is 13.5. The number of aliphatic hydroxyl groups excluding tert-OH is 1. The zero-order valence-corrected chi connectivity index (χ0v) is 10.9. The summed E-state index contributed by atoms with van der Waals surface area (Å²) in [7, 11) is 0. The Balaban J connectivity index is 1.68. The van der Waals surface area contributed by atoms with Crippen molar-refractivity contribution < 1.29 is 9.50 Å². The van der Waals surface area contributed by atoms with Gasteiger partial charge in [0.1, 0.15) is 5.82 Å². The Bertz CT molecular complexity index is 377. The lowest BCUT2D eigenvalue weighted by Gasteiger charge is -2.36. The van der Waals surface area contributed by atoms with Crippen LogP contribution in [-0.4, -0.2) is 23.8 Å². The molecule has 0 aromatic heterocycles. The summed E-state index contributed by atoms with van der Waals surface area (Å²) in [5, 5.41) is 12.9. The summed E-state index contributed by atoms with van der Waals surface area (Å²) in [6, 6.07) is 7.45. The minimum atomic E-state index is -0.184. The van der Waals surface area contributed by atoms with E-state index in [1.165, 1.54) is 6.07 Å². The second-order valence-corrected chi connectivity index (χ2v) is 5.23. The first-order valence-electron chi connectivity index (χ1n) is 6.86. The minimum absolute atomic E-state index is 0.144. The van der Waals surface area contributed by atoms with Crippen LogP contribution in [0.4, 0.5) is 4.39 Å². The normalized spacial score (nSPS) is 24.6. The molecule has 0 radical (unpaired) electrons. The van der Waals surface area contributed by atoms with Crippen molar-refractivity contribution in [2.24, 2.45) is 0 Å². The van der Waals surface area contributed by atoms with E-state index in [1.807, 2.05) is 13.0 Å². The molecule has 2 rings (SSSR count). The predicted octanol–water partition coefficient (Wildman–Crippen LogP) is 2.82. The van der Waals surface area contributed by atoms with Gasteiger partial charge in [-0.15, -0.1) is 0 Å². The third-order valence-electron chi connectivity index (χ3n) is 3.84. The molecule has 1 fully saturated rings. The summed E-state index contributed by atoms with van der Waals surface area (Å²) < 4.78 is 13.1. The van der Waals surface area contributed by atoms with Gasteiger partial charge in [0, 0.05) is 6.04 Å². The van der Waals surface area contributed by atoms with Gasteiger partial charge in [-0.1, -0.05) is 19.1 Å². The smallest absolute Gasteiger partial charge is 0.123 e. The Kier molecular flexibility index (Phi) is 4.72. The van der Waals surface area contributed by atoms with E-state index >= 15 is 0 Å². The molecule has 100 valence electrons. The van der Waals surface area contributed by atoms with E-state index in [-0.39, 0.29) is 11.9 Å². The van der Waals surface area contributed by atoms with Gasteiger partial charge in [0.25, 0.3) is 0 Å². The fraction of sp³-hybridized carbons (Fsp3) is 0.600. The molecule has 1 atom stereocenters. The Morgan fingerprint density at radius 3 is 2.89 bits per heavy atom. The summed E-state index contributed by atoms with van der Waals surface area (Å²) in [5.41, 5.74) is 1.11. The highest BCUT2D eigenvalue weighted by molar-refractivity contribution is 5.23. The SMILES string of the molecule is CCC(O)CCNC1CC(c2cccc(F)c2)C1. The molecule has 0 saturated heterocycles. The highest BCUT2D eigenvalue weighted by Crippen LogP contribution is 2.36. The lowest BCUT2D eigenvalue weighted by atomic mass is 9.76. The summed E-state index contributed by atoms with van der Waals surface area (Å²) in [6.45, 7) is 2.86. The van der Waals surface area contributed by atoms with Crippen molar-refractivity contribution >= 4 is 0 Å². The molecule has 0 bridgehead atoms. The van der Waals surface area contributed by atoms with Crippen LogP contribution in [0.5, 0.6) is 0 Å². The molecule has 0 aliphatic heterocycles. The lowest BCUT2D eigenvalue weighted by Crippen LogP contribution is -2.41. The number of hydrogen-bond donors (Lipinski definition) is 2. The van der Waals surface area contributed by atoms with Crippen LogP contribution in [0.25, 0.3) is 0 Å². The van der Waals surface area contributed by atoms with E-state index in [1.54, 1.807) is 12.1 Å². The van der Waals surface area contributed by atoms with Gasteiger partial charge in [0.15, 0.2) is 0 Å². The molecule has 1 aromatic rings. The zero-order valence-electron chi connectivity index (χ0n) is 10.9. The number of hydrogen-bond acceptors (Lipinski definition) is 2. The molecule has 1 aliphatic rings.